The van der Waals surface area contributed by atoms with Crippen LogP contribution in [0.5, 0.6) is 0 Å². The van der Waals surface area contributed by atoms with Crippen molar-refractivity contribution < 1.29 is 4.79 Å². The van der Waals surface area contributed by atoms with E-state index in [9.17, 15) is 4.79 Å². The van der Waals surface area contributed by atoms with Crippen molar-refractivity contribution in [2.45, 2.75) is 6.92 Å². The summed E-state index contributed by atoms with van der Waals surface area (Å²) >= 11 is 0. The number of carbonyl (C=O) groups is 1. The van der Waals surface area contributed by atoms with Gasteiger partial charge in [0.25, 0.3) is 5.91 Å². The summed E-state index contributed by atoms with van der Waals surface area (Å²) in [5.74, 6) is -0.314. The van der Waals surface area contributed by atoms with Gasteiger partial charge in [-0.15, -0.1) is 0 Å². The van der Waals surface area contributed by atoms with Gasteiger partial charge in [0.15, 0.2) is 0 Å². The lowest BCUT2D eigenvalue weighted by Crippen LogP contribution is -2.17. The number of hydrogen-bond donors (Lipinski definition) is 2. The molecule has 0 saturated carbocycles. The maximum atomic E-state index is 11.5. The highest BCUT2D eigenvalue weighted by Crippen LogP contribution is 2.00. The van der Waals surface area contributed by atoms with Gasteiger partial charge in [-0.2, -0.15) is 10.2 Å². The van der Waals surface area contributed by atoms with Gasteiger partial charge >= 0.3 is 0 Å². The van der Waals surface area contributed by atoms with Crippen molar-refractivity contribution in [1.29, 1.82) is 0 Å². The van der Waals surface area contributed by atoms with Crippen LogP contribution < -0.4 is 5.43 Å². The van der Waals surface area contributed by atoms with Crippen LogP contribution in [0.3, 0.4) is 0 Å². The number of aryl methyl sites for hydroxylation is 1. The number of carbonyl (C=O) groups excluding carboxylic acids is 1. The summed E-state index contributed by atoms with van der Waals surface area (Å²) in [6.45, 7) is 2.01. The molecule has 0 bridgehead atoms. The second-order valence-electron chi connectivity index (χ2n) is 3.58. The maximum Gasteiger partial charge on any atom is 0.289 e. The molecule has 1 amide bonds. The number of H-pyrrole nitrogens is 1. The topological polar surface area (TPSA) is 70.1 Å². The zero-order chi connectivity index (χ0) is 12.1. The summed E-state index contributed by atoms with van der Waals surface area (Å²) in [5, 5.41) is 10.1. The predicted molar refractivity (Wildman–Crippen MR) is 64.8 cm³/mol. The molecule has 0 spiro atoms. The van der Waals surface area contributed by atoms with Gasteiger partial charge in [-0.1, -0.05) is 29.8 Å². The molecule has 1 heterocycles. The van der Waals surface area contributed by atoms with Gasteiger partial charge in [-0.3, -0.25) is 9.89 Å². The standard InChI is InChI=1S/C12H12N4O/c1-9-2-4-10(5-3-9)8-14-16-12(17)11-6-7-13-15-11/h2-8H,1H3,(H,13,15)(H,16,17). The molecule has 86 valence electrons. The molecule has 0 fully saturated rings. The van der Waals surface area contributed by atoms with Crippen LogP contribution in [0, 0.1) is 6.92 Å². The lowest BCUT2D eigenvalue weighted by molar-refractivity contribution is 0.0950. The first-order valence-electron chi connectivity index (χ1n) is 5.15. The number of hydrogen-bond acceptors (Lipinski definition) is 3. The molecule has 5 heteroatoms. The first kappa shape index (κ1) is 11.1. The van der Waals surface area contributed by atoms with Gasteiger partial charge in [0.1, 0.15) is 5.69 Å². The third-order valence-electron chi connectivity index (χ3n) is 2.20. The Bertz CT molecular complexity index is 514. The number of aromatic amines is 1. The molecule has 2 rings (SSSR count). The molecule has 0 radical (unpaired) electrons. The quantitative estimate of drug-likeness (QED) is 0.617. The van der Waals surface area contributed by atoms with Crippen LogP contribution in [-0.4, -0.2) is 22.3 Å². The average Bonchev–Trinajstić information content (AvgIpc) is 2.85. The van der Waals surface area contributed by atoms with Crippen molar-refractivity contribution in [2.24, 2.45) is 5.10 Å². The zero-order valence-corrected chi connectivity index (χ0v) is 9.34. The van der Waals surface area contributed by atoms with E-state index in [0.29, 0.717) is 5.69 Å². The second-order valence-corrected chi connectivity index (χ2v) is 3.58. The number of benzene rings is 1. The van der Waals surface area contributed by atoms with Gasteiger partial charge in [0.2, 0.25) is 0 Å². The summed E-state index contributed by atoms with van der Waals surface area (Å²) < 4.78 is 0. The summed E-state index contributed by atoms with van der Waals surface area (Å²) in [6, 6.07) is 9.41. The number of nitrogens with one attached hydrogen (secondary N) is 2. The molecule has 1 aromatic heterocycles. The highest BCUT2D eigenvalue weighted by Gasteiger charge is 2.03. The van der Waals surface area contributed by atoms with Gasteiger partial charge in [0.05, 0.1) is 6.21 Å². The predicted octanol–water partition coefficient (Wildman–Crippen LogP) is 1.48. The van der Waals surface area contributed by atoms with Crippen LogP contribution in [0.25, 0.3) is 0 Å². The molecular weight excluding hydrogens is 216 g/mol. The van der Waals surface area contributed by atoms with Gasteiger partial charge in [-0.05, 0) is 18.6 Å². The molecule has 2 N–H and O–H groups in total. The molecule has 0 atom stereocenters. The van der Waals surface area contributed by atoms with Crippen LogP contribution in [0.1, 0.15) is 21.6 Å². The highest BCUT2D eigenvalue weighted by atomic mass is 16.2. The number of rotatable bonds is 3. The fraction of sp³-hybridized carbons (Fsp3) is 0.0833. The van der Waals surface area contributed by atoms with Gasteiger partial charge < -0.3 is 0 Å². The Morgan fingerprint density at radius 2 is 2.12 bits per heavy atom. The van der Waals surface area contributed by atoms with Crippen molar-refractivity contribution >= 4 is 12.1 Å². The number of nitrogens with zero attached hydrogens (tertiary/aromatic N) is 2. The van der Waals surface area contributed by atoms with E-state index in [-0.39, 0.29) is 5.91 Å². The van der Waals surface area contributed by atoms with Crippen molar-refractivity contribution in [2.75, 3.05) is 0 Å². The van der Waals surface area contributed by atoms with E-state index in [1.54, 1.807) is 12.3 Å². The average molecular weight is 228 g/mol. The summed E-state index contributed by atoms with van der Waals surface area (Å²) in [5.41, 5.74) is 4.90. The van der Waals surface area contributed by atoms with Crippen molar-refractivity contribution in [3.05, 3.63) is 53.3 Å². The first-order valence-corrected chi connectivity index (χ1v) is 5.15. The summed E-state index contributed by atoms with van der Waals surface area (Å²) in [7, 11) is 0. The fourth-order valence-electron chi connectivity index (χ4n) is 1.26. The van der Waals surface area contributed by atoms with E-state index in [1.165, 1.54) is 11.8 Å². The minimum Gasteiger partial charge on any atom is -0.273 e. The molecule has 17 heavy (non-hydrogen) atoms. The lowest BCUT2D eigenvalue weighted by atomic mass is 10.2. The van der Waals surface area contributed by atoms with Gasteiger partial charge in [-0.25, -0.2) is 5.43 Å². The Hall–Kier alpha value is -2.43. The Labute approximate surface area is 98.6 Å². The molecule has 0 unspecified atom stereocenters. The van der Waals surface area contributed by atoms with Crippen molar-refractivity contribution in [3.8, 4) is 0 Å². The van der Waals surface area contributed by atoms with Crippen LogP contribution in [-0.2, 0) is 0 Å². The zero-order valence-electron chi connectivity index (χ0n) is 9.34. The summed E-state index contributed by atoms with van der Waals surface area (Å²) in [4.78, 5) is 11.5. The first-order chi connectivity index (χ1) is 8.25. The van der Waals surface area contributed by atoms with Crippen LogP contribution in [0.4, 0.5) is 0 Å². The third kappa shape index (κ3) is 3.01. The third-order valence-corrected chi connectivity index (χ3v) is 2.20. The Morgan fingerprint density at radius 1 is 1.35 bits per heavy atom. The van der Waals surface area contributed by atoms with E-state index < -0.39 is 0 Å². The van der Waals surface area contributed by atoms with E-state index in [2.05, 4.69) is 20.7 Å². The summed E-state index contributed by atoms with van der Waals surface area (Å²) in [6.07, 6.45) is 3.10. The SMILES string of the molecule is Cc1ccc(C=NNC(=O)c2ccn[nH]2)cc1. The molecule has 0 saturated heterocycles. The monoisotopic (exact) mass is 228 g/mol. The van der Waals surface area contributed by atoms with Crippen LogP contribution >= 0.6 is 0 Å². The maximum absolute atomic E-state index is 11.5. The highest BCUT2D eigenvalue weighted by molar-refractivity contribution is 5.92. The normalized spacial score (nSPS) is 10.6. The molecule has 1 aromatic carbocycles. The largest absolute Gasteiger partial charge is 0.289 e. The van der Waals surface area contributed by atoms with Crippen LogP contribution in [0.2, 0.25) is 0 Å². The number of aromatic nitrogens is 2. The second kappa shape index (κ2) is 5.07. The lowest BCUT2D eigenvalue weighted by Gasteiger charge is -1.96. The van der Waals surface area contributed by atoms with Gasteiger partial charge in [0, 0.05) is 6.20 Å². The van der Waals surface area contributed by atoms with Crippen molar-refractivity contribution in [3.63, 3.8) is 0 Å². The Kier molecular flexibility index (Phi) is 3.30. The van der Waals surface area contributed by atoms with Crippen LogP contribution in [0.15, 0.2) is 41.6 Å². The molecule has 5 nitrogen and oxygen atoms in total. The molecule has 2 aromatic rings. The minimum absolute atomic E-state index is 0.314. The number of amides is 1. The minimum atomic E-state index is -0.314. The number of hydrazone groups is 1. The fourth-order valence-corrected chi connectivity index (χ4v) is 1.26. The van der Waals surface area contributed by atoms with E-state index >= 15 is 0 Å². The molecule has 0 aliphatic rings. The Balaban J connectivity index is 1.94. The smallest absolute Gasteiger partial charge is 0.273 e. The van der Waals surface area contributed by atoms with E-state index in [0.717, 1.165) is 5.56 Å². The van der Waals surface area contributed by atoms with E-state index in [4.69, 9.17) is 0 Å². The molecular formula is C12H12N4O. The molecule has 0 aliphatic heterocycles. The van der Waals surface area contributed by atoms with Crippen molar-refractivity contribution in [1.82, 2.24) is 15.6 Å². The van der Waals surface area contributed by atoms with E-state index in [1.807, 2.05) is 31.2 Å². The molecule has 0 aliphatic carbocycles. The Morgan fingerprint density at radius 3 is 2.76 bits per heavy atom.